The summed E-state index contributed by atoms with van der Waals surface area (Å²) in [5, 5.41) is 6.01. The number of carbonyl (C=O) groups is 1. The molecule has 0 fully saturated rings. The van der Waals surface area contributed by atoms with E-state index >= 15 is 0 Å². The highest BCUT2D eigenvalue weighted by Gasteiger charge is 2.10. The van der Waals surface area contributed by atoms with Gasteiger partial charge in [0.25, 0.3) is 5.91 Å². The molecule has 0 aliphatic carbocycles. The van der Waals surface area contributed by atoms with Crippen LogP contribution in [-0.4, -0.2) is 15.9 Å². The average Bonchev–Trinajstić information content (AvgIpc) is 2.59. The Morgan fingerprint density at radius 2 is 1.79 bits per heavy atom. The zero-order valence-electron chi connectivity index (χ0n) is 13.0. The number of carbonyl (C=O) groups excluding carboxylic acids is 1. The zero-order chi connectivity index (χ0) is 16.9. The minimum absolute atomic E-state index is 0.273. The Balaban J connectivity index is 1.76. The van der Waals surface area contributed by atoms with E-state index in [1.807, 2.05) is 55.5 Å². The van der Waals surface area contributed by atoms with Crippen LogP contribution in [0, 0.1) is 6.92 Å². The molecule has 0 atom stereocenters. The lowest BCUT2D eigenvalue weighted by Crippen LogP contribution is -2.15. The first-order valence-electron chi connectivity index (χ1n) is 7.33. The molecule has 0 saturated heterocycles. The first-order valence-corrected chi connectivity index (χ1v) is 8.13. The van der Waals surface area contributed by atoms with Crippen molar-refractivity contribution in [1.82, 2.24) is 9.97 Å². The number of hydrogen-bond acceptors (Lipinski definition) is 4. The number of benzene rings is 2. The molecule has 3 aromatic rings. The Morgan fingerprint density at radius 3 is 2.54 bits per heavy atom. The van der Waals surface area contributed by atoms with Crippen molar-refractivity contribution in [3.05, 3.63) is 76.7 Å². The van der Waals surface area contributed by atoms with Gasteiger partial charge in [0.05, 0.1) is 0 Å². The minimum atomic E-state index is -0.273. The molecule has 3 rings (SSSR count). The lowest BCUT2D eigenvalue weighted by molar-refractivity contribution is 0.102. The molecule has 0 aliphatic rings. The summed E-state index contributed by atoms with van der Waals surface area (Å²) in [4.78, 5) is 20.6. The van der Waals surface area contributed by atoms with Crippen LogP contribution in [0.1, 0.15) is 16.1 Å². The Hall–Kier alpha value is -2.73. The SMILES string of the molecule is Cc1ccccc1NC(=O)c1cc(Nc2ccc(Br)cc2)ncn1. The van der Waals surface area contributed by atoms with E-state index in [0.717, 1.165) is 21.4 Å². The summed E-state index contributed by atoms with van der Waals surface area (Å²) >= 11 is 3.39. The summed E-state index contributed by atoms with van der Waals surface area (Å²) in [6.45, 7) is 1.94. The molecule has 2 aromatic carbocycles. The van der Waals surface area contributed by atoms with Crippen LogP contribution < -0.4 is 10.6 Å². The van der Waals surface area contributed by atoms with Crippen molar-refractivity contribution in [2.75, 3.05) is 10.6 Å². The van der Waals surface area contributed by atoms with Crippen LogP contribution in [0.15, 0.2) is 65.4 Å². The molecule has 1 aromatic heterocycles. The molecule has 0 saturated carbocycles. The summed E-state index contributed by atoms with van der Waals surface area (Å²) < 4.78 is 0.994. The summed E-state index contributed by atoms with van der Waals surface area (Å²) in [6, 6.07) is 16.9. The van der Waals surface area contributed by atoms with Gasteiger partial charge < -0.3 is 10.6 Å². The topological polar surface area (TPSA) is 66.9 Å². The molecule has 0 spiro atoms. The minimum Gasteiger partial charge on any atom is -0.340 e. The highest BCUT2D eigenvalue weighted by Crippen LogP contribution is 2.19. The predicted molar refractivity (Wildman–Crippen MR) is 98.6 cm³/mol. The fraction of sp³-hybridized carbons (Fsp3) is 0.0556. The van der Waals surface area contributed by atoms with E-state index in [4.69, 9.17) is 0 Å². The zero-order valence-corrected chi connectivity index (χ0v) is 14.5. The maximum atomic E-state index is 12.4. The van der Waals surface area contributed by atoms with Gasteiger partial charge in [0.15, 0.2) is 0 Å². The van der Waals surface area contributed by atoms with Crippen molar-refractivity contribution in [3.8, 4) is 0 Å². The van der Waals surface area contributed by atoms with Crippen LogP contribution in [0.5, 0.6) is 0 Å². The molecule has 0 aliphatic heterocycles. The second-order valence-corrected chi connectivity index (χ2v) is 6.11. The number of aryl methyl sites for hydroxylation is 1. The highest BCUT2D eigenvalue weighted by atomic mass is 79.9. The summed E-state index contributed by atoms with van der Waals surface area (Å²) in [5.41, 5.74) is 2.94. The van der Waals surface area contributed by atoms with Gasteiger partial charge in [0.1, 0.15) is 17.8 Å². The third kappa shape index (κ3) is 3.97. The largest absolute Gasteiger partial charge is 0.340 e. The molecule has 0 unspecified atom stereocenters. The average molecular weight is 383 g/mol. The predicted octanol–water partition coefficient (Wildman–Crippen LogP) is 4.54. The second-order valence-electron chi connectivity index (χ2n) is 5.19. The molecular formula is C18H15BrN4O. The molecule has 1 heterocycles. The van der Waals surface area contributed by atoms with Gasteiger partial charge in [-0.15, -0.1) is 0 Å². The second kappa shape index (κ2) is 7.23. The fourth-order valence-electron chi connectivity index (χ4n) is 2.13. The molecule has 5 nitrogen and oxygen atoms in total. The summed E-state index contributed by atoms with van der Waals surface area (Å²) in [6.07, 6.45) is 1.37. The number of hydrogen-bond donors (Lipinski definition) is 2. The van der Waals surface area contributed by atoms with Gasteiger partial charge in [-0.1, -0.05) is 34.1 Å². The standard InChI is InChI=1S/C18H15BrN4O/c1-12-4-2-3-5-15(12)23-18(24)16-10-17(21-11-20-16)22-14-8-6-13(19)7-9-14/h2-11H,1H3,(H,23,24)(H,20,21,22). The number of anilines is 3. The number of halogens is 1. The lowest BCUT2D eigenvalue weighted by Gasteiger charge is -2.09. The summed E-state index contributed by atoms with van der Waals surface area (Å²) in [7, 11) is 0. The van der Waals surface area contributed by atoms with E-state index < -0.39 is 0 Å². The molecule has 1 amide bonds. The first kappa shape index (κ1) is 16.1. The van der Waals surface area contributed by atoms with Crippen molar-refractivity contribution in [2.24, 2.45) is 0 Å². The molecule has 2 N–H and O–H groups in total. The van der Waals surface area contributed by atoms with Gasteiger partial charge in [-0.05, 0) is 42.8 Å². The Bertz CT molecular complexity index is 865. The number of nitrogens with zero attached hydrogens (tertiary/aromatic N) is 2. The fourth-order valence-corrected chi connectivity index (χ4v) is 2.39. The number of rotatable bonds is 4. The quantitative estimate of drug-likeness (QED) is 0.694. The van der Waals surface area contributed by atoms with E-state index in [2.05, 4.69) is 36.5 Å². The van der Waals surface area contributed by atoms with Crippen LogP contribution in [-0.2, 0) is 0 Å². The van der Waals surface area contributed by atoms with Gasteiger partial charge in [-0.2, -0.15) is 0 Å². The van der Waals surface area contributed by atoms with Crippen LogP contribution in [0.25, 0.3) is 0 Å². The van der Waals surface area contributed by atoms with Gasteiger partial charge >= 0.3 is 0 Å². The summed E-state index contributed by atoms with van der Waals surface area (Å²) in [5.74, 6) is 0.285. The maximum Gasteiger partial charge on any atom is 0.274 e. The Morgan fingerprint density at radius 1 is 1.04 bits per heavy atom. The Labute approximate surface area is 148 Å². The number of amides is 1. The van der Waals surface area contributed by atoms with Crippen LogP contribution in [0.4, 0.5) is 17.2 Å². The van der Waals surface area contributed by atoms with Gasteiger partial charge in [-0.3, -0.25) is 4.79 Å². The third-order valence-corrected chi connectivity index (χ3v) is 3.94. The smallest absolute Gasteiger partial charge is 0.274 e. The van der Waals surface area contributed by atoms with Crippen molar-refractivity contribution < 1.29 is 4.79 Å². The lowest BCUT2D eigenvalue weighted by atomic mass is 10.2. The number of nitrogens with one attached hydrogen (secondary N) is 2. The Kier molecular flexibility index (Phi) is 4.86. The van der Waals surface area contributed by atoms with Crippen LogP contribution >= 0.6 is 15.9 Å². The molecular weight excluding hydrogens is 368 g/mol. The van der Waals surface area contributed by atoms with Crippen molar-refractivity contribution in [1.29, 1.82) is 0 Å². The van der Waals surface area contributed by atoms with E-state index in [1.54, 1.807) is 6.07 Å². The van der Waals surface area contributed by atoms with Gasteiger partial charge in [0, 0.05) is 21.9 Å². The maximum absolute atomic E-state index is 12.4. The van der Waals surface area contributed by atoms with Gasteiger partial charge in [0.2, 0.25) is 0 Å². The molecule has 120 valence electrons. The van der Waals surface area contributed by atoms with E-state index in [0.29, 0.717) is 11.5 Å². The number of aromatic nitrogens is 2. The normalized spacial score (nSPS) is 10.2. The molecule has 0 radical (unpaired) electrons. The third-order valence-electron chi connectivity index (χ3n) is 3.41. The molecule has 6 heteroatoms. The van der Waals surface area contributed by atoms with Crippen molar-refractivity contribution >= 4 is 39.0 Å². The first-order chi connectivity index (χ1) is 11.6. The number of para-hydroxylation sites is 1. The monoisotopic (exact) mass is 382 g/mol. The van der Waals surface area contributed by atoms with Crippen molar-refractivity contribution in [3.63, 3.8) is 0 Å². The van der Waals surface area contributed by atoms with Gasteiger partial charge in [-0.25, -0.2) is 9.97 Å². The van der Waals surface area contributed by atoms with E-state index in [-0.39, 0.29) is 5.91 Å². The van der Waals surface area contributed by atoms with E-state index in [1.165, 1.54) is 6.33 Å². The molecule has 24 heavy (non-hydrogen) atoms. The van der Waals surface area contributed by atoms with Crippen LogP contribution in [0.3, 0.4) is 0 Å². The van der Waals surface area contributed by atoms with Crippen molar-refractivity contribution in [2.45, 2.75) is 6.92 Å². The molecule has 0 bridgehead atoms. The van der Waals surface area contributed by atoms with E-state index in [9.17, 15) is 4.79 Å². The highest BCUT2D eigenvalue weighted by molar-refractivity contribution is 9.10. The van der Waals surface area contributed by atoms with Crippen LogP contribution in [0.2, 0.25) is 0 Å².